The van der Waals surface area contributed by atoms with Gasteiger partial charge in [-0.1, -0.05) is 45.1 Å². The minimum atomic E-state index is -1.48. The molecule has 3 rings (SSSR count). The number of epoxide rings is 1. The topological polar surface area (TPSA) is 153 Å². The number of carbonyl (C=O) groups is 2. The molecule has 0 spiro atoms. The Morgan fingerprint density at radius 1 is 1.27 bits per heavy atom. The lowest BCUT2D eigenvalue weighted by atomic mass is 9.88. The second-order valence-electron chi connectivity index (χ2n) is 13.8. The Labute approximate surface area is 268 Å². The van der Waals surface area contributed by atoms with Crippen molar-refractivity contribution in [2.75, 3.05) is 33.2 Å². The number of rotatable bonds is 9. The van der Waals surface area contributed by atoms with E-state index in [9.17, 15) is 30.0 Å². The van der Waals surface area contributed by atoms with Gasteiger partial charge in [0.15, 0.2) is 6.10 Å². The van der Waals surface area contributed by atoms with Crippen LogP contribution in [0.1, 0.15) is 73.6 Å². The number of hydrogen-bond donors (Lipinski definition) is 4. The van der Waals surface area contributed by atoms with Gasteiger partial charge in [-0.15, -0.1) is 0 Å². The summed E-state index contributed by atoms with van der Waals surface area (Å²) in [6, 6.07) is 0. The molecule has 11 nitrogen and oxygen atoms in total. The van der Waals surface area contributed by atoms with Gasteiger partial charge in [0.25, 0.3) is 0 Å². The van der Waals surface area contributed by atoms with E-state index in [0.29, 0.717) is 31.5 Å². The van der Waals surface area contributed by atoms with Gasteiger partial charge in [-0.25, -0.2) is 4.79 Å². The van der Waals surface area contributed by atoms with E-state index in [0.717, 1.165) is 13.1 Å². The Kier molecular flexibility index (Phi) is 13.2. The number of piperazine rings is 1. The highest BCUT2D eigenvalue weighted by atomic mass is 16.6. The van der Waals surface area contributed by atoms with E-state index in [1.807, 2.05) is 34.7 Å². The maximum atomic E-state index is 13.0. The number of ether oxygens (including phenoxy) is 3. The lowest BCUT2D eigenvalue weighted by Crippen LogP contribution is -2.50. The molecule has 1 amide bonds. The predicted molar refractivity (Wildman–Crippen MR) is 170 cm³/mol. The second-order valence-corrected chi connectivity index (χ2v) is 13.8. The molecule has 0 unspecified atom stereocenters. The fourth-order valence-corrected chi connectivity index (χ4v) is 5.97. The Morgan fingerprint density at radius 3 is 2.58 bits per heavy atom. The fraction of sp³-hybridized carbons (Fsp3) is 0.765. The molecule has 0 aromatic carbocycles. The van der Waals surface area contributed by atoms with Gasteiger partial charge in [0.05, 0.1) is 36.4 Å². The van der Waals surface area contributed by atoms with Crippen LogP contribution in [0.25, 0.3) is 0 Å². The van der Waals surface area contributed by atoms with Crippen LogP contribution in [-0.2, 0) is 19.0 Å². The lowest BCUT2D eigenvalue weighted by Gasteiger charge is -2.36. The summed E-state index contributed by atoms with van der Waals surface area (Å²) >= 11 is 0. The molecule has 3 heterocycles. The SMILES string of the molecule is CC[C@H](O)[C@@H](C)[C@H]1O[C@@H]1C[C@@](C)(O)/C=C/C=C(\C)[C@H]1OC(=O)C[C@H](O)CC[C@@](C)(O)[C@@H](OC(=O)N2CCN(C)CC2)/C=C/[C@@H]1C. The van der Waals surface area contributed by atoms with E-state index in [-0.39, 0.29) is 43.3 Å². The summed E-state index contributed by atoms with van der Waals surface area (Å²) in [4.78, 5) is 29.6. The first-order valence-corrected chi connectivity index (χ1v) is 16.4. The lowest BCUT2D eigenvalue weighted by molar-refractivity contribution is -0.151. The summed E-state index contributed by atoms with van der Waals surface area (Å²) in [6.07, 6.45) is 5.71. The highest BCUT2D eigenvalue weighted by Crippen LogP contribution is 2.37. The fourth-order valence-electron chi connectivity index (χ4n) is 5.97. The van der Waals surface area contributed by atoms with Crippen molar-refractivity contribution < 1.29 is 44.2 Å². The van der Waals surface area contributed by atoms with E-state index >= 15 is 0 Å². The normalized spacial score (nSPS) is 35.8. The van der Waals surface area contributed by atoms with E-state index in [2.05, 4.69) is 4.90 Å². The van der Waals surface area contributed by atoms with Gasteiger partial charge in [0.1, 0.15) is 11.7 Å². The quantitative estimate of drug-likeness (QED) is 0.129. The number of allylic oxidation sites excluding steroid dienone is 2. The summed E-state index contributed by atoms with van der Waals surface area (Å²) in [5, 5.41) is 43.0. The minimum absolute atomic E-state index is 0.00985. The first-order chi connectivity index (χ1) is 21.0. The second kappa shape index (κ2) is 16.0. The van der Waals surface area contributed by atoms with E-state index in [1.165, 1.54) is 0 Å². The van der Waals surface area contributed by atoms with Crippen LogP contribution in [0.2, 0.25) is 0 Å². The van der Waals surface area contributed by atoms with Crippen LogP contribution < -0.4 is 0 Å². The van der Waals surface area contributed by atoms with Crippen molar-refractivity contribution in [1.29, 1.82) is 0 Å². The zero-order valence-electron chi connectivity index (χ0n) is 28.1. The molecule has 0 aromatic rings. The van der Waals surface area contributed by atoms with Gasteiger partial charge >= 0.3 is 12.1 Å². The number of likely N-dealkylation sites (N-methyl/N-ethyl adjacent to an activating group) is 1. The number of cyclic esters (lactones) is 1. The molecule has 0 saturated carbocycles. The Hall–Kier alpha value is -2.28. The zero-order chi connectivity index (χ0) is 33.5. The number of esters is 1. The predicted octanol–water partition coefficient (Wildman–Crippen LogP) is 2.96. The molecule has 2 fully saturated rings. The van der Waals surface area contributed by atoms with Crippen molar-refractivity contribution in [3.05, 3.63) is 36.0 Å². The third kappa shape index (κ3) is 11.2. The molecule has 0 radical (unpaired) electrons. The maximum Gasteiger partial charge on any atom is 0.410 e. The van der Waals surface area contributed by atoms with Gasteiger partial charge < -0.3 is 44.4 Å². The van der Waals surface area contributed by atoms with Crippen molar-refractivity contribution in [2.24, 2.45) is 11.8 Å². The molecule has 4 N–H and O–H groups in total. The van der Waals surface area contributed by atoms with E-state index < -0.39 is 47.7 Å². The van der Waals surface area contributed by atoms with Crippen molar-refractivity contribution in [3.8, 4) is 0 Å². The third-order valence-corrected chi connectivity index (χ3v) is 9.36. The van der Waals surface area contributed by atoms with Gasteiger partial charge in [0, 0.05) is 44.4 Å². The molecule has 256 valence electrons. The number of aliphatic hydroxyl groups excluding tert-OH is 2. The molecule has 0 bridgehead atoms. The summed E-state index contributed by atoms with van der Waals surface area (Å²) in [5.74, 6) is -0.942. The summed E-state index contributed by atoms with van der Waals surface area (Å²) < 4.78 is 17.4. The summed E-state index contributed by atoms with van der Waals surface area (Å²) in [7, 11) is 1.99. The highest BCUT2D eigenvalue weighted by Gasteiger charge is 2.47. The molecule has 10 atom stereocenters. The molecular weight excluding hydrogens is 580 g/mol. The number of hydrogen-bond acceptors (Lipinski definition) is 10. The van der Waals surface area contributed by atoms with E-state index in [4.69, 9.17) is 14.2 Å². The monoisotopic (exact) mass is 636 g/mol. The minimum Gasteiger partial charge on any atom is -0.457 e. The molecule has 2 saturated heterocycles. The van der Waals surface area contributed by atoms with Crippen molar-refractivity contribution in [2.45, 2.75) is 121 Å². The molecule has 3 aliphatic rings. The molecule has 0 aliphatic carbocycles. The van der Waals surface area contributed by atoms with Crippen LogP contribution in [-0.4, -0.2) is 123 Å². The van der Waals surface area contributed by atoms with Crippen LogP contribution in [0.3, 0.4) is 0 Å². The summed E-state index contributed by atoms with van der Waals surface area (Å²) in [6.45, 7) is 13.3. The third-order valence-electron chi connectivity index (χ3n) is 9.36. The summed E-state index contributed by atoms with van der Waals surface area (Å²) in [5.41, 5.74) is -1.93. The van der Waals surface area contributed by atoms with E-state index in [1.54, 1.807) is 49.1 Å². The Bertz CT molecular complexity index is 1080. The van der Waals surface area contributed by atoms with Gasteiger partial charge in [-0.05, 0) is 58.7 Å². The van der Waals surface area contributed by atoms with Crippen molar-refractivity contribution in [3.63, 3.8) is 0 Å². The first-order valence-electron chi connectivity index (χ1n) is 16.4. The van der Waals surface area contributed by atoms with Crippen LogP contribution >= 0.6 is 0 Å². The largest absolute Gasteiger partial charge is 0.457 e. The molecule has 3 aliphatic heterocycles. The van der Waals surface area contributed by atoms with Crippen LogP contribution in [0.15, 0.2) is 36.0 Å². The Balaban J connectivity index is 1.74. The van der Waals surface area contributed by atoms with Gasteiger partial charge in [0.2, 0.25) is 0 Å². The average Bonchev–Trinajstić information content (AvgIpc) is 3.73. The molecule has 45 heavy (non-hydrogen) atoms. The zero-order valence-corrected chi connectivity index (χ0v) is 28.1. The maximum absolute atomic E-state index is 13.0. The van der Waals surface area contributed by atoms with Crippen LogP contribution in [0.5, 0.6) is 0 Å². The van der Waals surface area contributed by atoms with Crippen molar-refractivity contribution >= 4 is 12.1 Å². The molecule has 0 aromatic heterocycles. The van der Waals surface area contributed by atoms with Crippen LogP contribution in [0.4, 0.5) is 4.79 Å². The number of nitrogens with zero attached hydrogens (tertiary/aromatic N) is 2. The Morgan fingerprint density at radius 2 is 1.93 bits per heavy atom. The number of carbonyl (C=O) groups excluding carboxylic acids is 2. The first kappa shape index (κ1) is 37.2. The standard InChI is InChI=1S/C34H56N2O9/c1-8-26(38)24(4)31-27(43-31)21-33(5,41)14-9-10-22(2)30-23(3)11-12-28(44-32(40)36-18-16-35(7)17-19-36)34(6,42)15-13-25(37)20-29(39)45-30/h9-12,14,23-28,30-31,37-38,41-42H,8,13,15-21H2,1-7H3/b12-11+,14-9+,22-10+/t23-,24+,25+,26-,27+,28-,30+,31+,33-,34+/m0/s1. The number of amides is 1. The van der Waals surface area contributed by atoms with Crippen LogP contribution in [0, 0.1) is 11.8 Å². The van der Waals surface area contributed by atoms with Gasteiger partial charge in [-0.3, -0.25) is 4.79 Å². The molecule has 11 heteroatoms. The van der Waals surface area contributed by atoms with Gasteiger partial charge in [-0.2, -0.15) is 0 Å². The average molecular weight is 637 g/mol. The van der Waals surface area contributed by atoms with Crippen molar-refractivity contribution in [1.82, 2.24) is 9.80 Å². The smallest absolute Gasteiger partial charge is 0.410 e. The number of aliphatic hydroxyl groups is 4. The molecular formula is C34H56N2O9. The highest BCUT2D eigenvalue weighted by molar-refractivity contribution is 5.70.